The summed E-state index contributed by atoms with van der Waals surface area (Å²) in [5.41, 5.74) is 5.38. The van der Waals surface area contributed by atoms with Gasteiger partial charge in [0.15, 0.2) is 0 Å². The zero-order chi connectivity index (χ0) is 28.6. The minimum Gasteiger partial charge on any atom is -0.378 e. The predicted molar refractivity (Wildman–Crippen MR) is 165 cm³/mol. The van der Waals surface area contributed by atoms with Gasteiger partial charge in [0.05, 0.1) is 12.1 Å². The van der Waals surface area contributed by atoms with E-state index in [2.05, 4.69) is 49.6 Å². The van der Waals surface area contributed by atoms with Crippen LogP contribution < -0.4 is 20.4 Å². The number of amides is 2. The fourth-order valence-electron chi connectivity index (χ4n) is 5.42. The summed E-state index contributed by atoms with van der Waals surface area (Å²) in [5.74, 6) is -0.222. The van der Waals surface area contributed by atoms with Gasteiger partial charge in [-0.3, -0.25) is 4.90 Å². The van der Waals surface area contributed by atoms with E-state index in [1.807, 2.05) is 86.9 Å². The third-order valence-corrected chi connectivity index (χ3v) is 7.74. The standard InChI is InChI=1S/C34H38FN5O/c1-38(2)30-17-13-26(14-18-30)32(40-23-21-39(22-24-40)31-19-15-29(35)16-20-31)25-36-34(41)37-33(27-9-5-3-6-10-27)28-11-7-4-8-12-28/h3-20,32-33H,21-25H2,1-2H3,(H2,36,37,41). The number of halogens is 1. The highest BCUT2D eigenvalue weighted by Gasteiger charge is 2.26. The van der Waals surface area contributed by atoms with E-state index < -0.39 is 0 Å². The summed E-state index contributed by atoms with van der Waals surface area (Å²) in [6.07, 6.45) is 0. The molecule has 1 atom stereocenters. The monoisotopic (exact) mass is 551 g/mol. The molecule has 4 aromatic rings. The Morgan fingerprint density at radius 3 is 1.85 bits per heavy atom. The van der Waals surface area contributed by atoms with Crippen molar-refractivity contribution >= 4 is 17.4 Å². The Labute approximate surface area is 242 Å². The number of hydrogen-bond donors (Lipinski definition) is 2. The Kier molecular flexibility index (Phi) is 9.16. The zero-order valence-electron chi connectivity index (χ0n) is 23.7. The summed E-state index contributed by atoms with van der Waals surface area (Å²) in [5, 5.41) is 6.38. The van der Waals surface area contributed by atoms with Gasteiger partial charge in [-0.25, -0.2) is 9.18 Å². The van der Waals surface area contributed by atoms with Crippen molar-refractivity contribution in [2.24, 2.45) is 0 Å². The lowest BCUT2D eigenvalue weighted by Gasteiger charge is -2.40. The van der Waals surface area contributed by atoms with E-state index in [-0.39, 0.29) is 23.9 Å². The van der Waals surface area contributed by atoms with Gasteiger partial charge in [0, 0.05) is 58.2 Å². The van der Waals surface area contributed by atoms with Crippen molar-refractivity contribution in [2.45, 2.75) is 12.1 Å². The van der Waals surface area contributed by atoms with Crippen LogP contribution >= 0.6 is 0 Å². The van der Waals surface area contributed by atoms with Crippen molar-refractivity contribution < 1.29 is 9.18 Å². The molecule has 1 heterocycles. The number of rotatable bonds is 9. The number of carbonyl (C=O) groups excluding carboxylic acids is 1. The lowest BCUT2D eigenvalue weighted by atomic mass is 9.99. The summed E-state index contributed by atoms with van der Waals surface area (Å²) in [6.45, 7) is 3.79. The van der Waals surface area contributed by atoms with E-state index in [1.54, 1.807) is 0 Å². The molecule has 0 bridgehead atoms. The lowest BCUT2D eigenvalue weighted by Crippen LogP contribution is -2.50. The molecule has 1 unspecified atom stereocenters. The highest BCUT2D eigenvalue weighted by Crippen LogP contribution is 2.26. The van der Waals surface area contributed by atoms with Gasteiger partial charge in [-0.2, -0.15) is 0 Å². The Bertz CT molecular complexity index is 1330. The molecule has 1 aliphatic heterocycles. The van der Waals surface area contributed by atoms with E-state index in [0.717, 1.165) is 54.2 Å². The third-order valence-electron chi connectivity index (χ3n) is 7.74. The molecule has 212 valence electrons. The van der Waals surface area contributed by atoms with Crippen LogP contribution in [0.1, 0.15) is 28.8 Å². The first kappa shape index (κ1) is 28.2. The second kappa shape index (κ2) is 13.3. The van der Waals surface area contributed by atoms with Gasteiger partial charge < -0.3 is 20.4 Å². The second-order valence-corrected chi connectivity index (χ2v) is 10.6. The summed E-state index contributed by atoms with van der Waals surface area (Å²) in [7, 11) is 4.06. The number of carbonyl (C=O) groups is 1. The molecule has 0 saturated carbocycles. The Morgan fingerprint density at radius 1 is 0.756 bits per heavy atom. The molecule has 0 aromatic heterocycles. The first-order chi connectivity index (χ1) is 20.0. The maximum atomic E-state index is 13.4. The molecule has 2 amide bonds. The minimum absolute atomic E-state index is 0.0132. The Morgan fingerprint density at radius 2 is 1.32 bits per heavy atom. The number of hydrogen-bond acceptors (Lipinski definition) is 4. The SMILES string of the molecule is CN(C)c1ccc(C(CNC(=O)NC(c2ccccc2)c2ccccc2)N2CCN(c3ccc(F)cc3)CC2)cc1. The van der Waals surface area contributed by atoms with Gasteiger partial charge in [-0.05, 0) is 53.1 Å². The summed E-state index contributed by atoms with van der Waals surface area (Å²) >= 11 is 0. The Hall–Kier alpha value is -4.36. The molecule has 0 spiro atoms. The van der Waals surface area contributed by atoms with Gasteiger partial charge >= 0.3 is 6.03 Å². The molecule has 0 radical (unpaired) electrons. The van der Waals surface area contributed by atoms with E-state index in [9.17, 15) is 9.18 Å². The van der Waals surface area contributed by atoms with Crippen LogP contribution in [0, 0.1) is 5.82 Å². The second-order valence-electron chi connectivity index (χ2n) is 10.6. The average molecular weight is 552 g/mol. The normalized spacial score (nSPS) is 14.5. The highest BCUT2D eigenvalue weighted by molar-refractivity contribution is 5.75. The zero-order valence-corrected chi connectivity index (χ0v) is 23.7. The highest BCUT2D eigenvalue weighted by atomic mass is 19.1. The fraction of sp³-hybridized carbons (Fsp3) is 0.265. The first-order valence-corrected chi connectivity index (χ1v) is 14.1. The molecule has 1 saturated heterocycles. The summed E-state index contributed by atoms with van der Waals surface area (Å²) < 4.78 is 13.4. The van der Waals surface area contributed by atoms with Crippen LogP contribution in [0.25, 0.3) is 0 Å². The van der Waals surface area contributed by atoms with Crippen LogP contribution in [0.15, 0.2) is 109 Å². The summed E-state index contributed by atoms with van der Waals surface area (Å²) in [4.78, 5) is 20.1. The van der Waals surface area contributed by atoms with Crippen molar-refractivity contribution in [2.75, 3.05) is 56.6 Å². The first-order valence-electron chi connectivity index (χ1n) is 14.1. The molecule has 1 aliphatic rings. The summed E-state index contributed by atoms with van der Waals surface area (Å²) in [6, 6.07) is 34.9. The lowest BCUT2D eigenvalue weighted by molar-refractivity contribution is 0.180. The van der Waals surface area contributed by atoms with Gasteiger partial charge in [-0.1, -0.05) is 72.8 Å². The van der Waals surface area contributed by atoms with Crippen LogP contribution in [-0.4, -0.2) is 57.8 Å². The number of urea groups is 1. The average Bonchev–Trinajstić information content (AvgIpc) is 3.02. The van der Waals surface area contributed by atoms with Crippen molar-refractivity contribution in [1.29, 1.82) is 0 Å². The molecule has 41 heavy (non-hydrogen) atoms. The van der Waals surface area contributed by atoms with E-state index in [0.29, 0.717) is 6.54 Å². The maximum absolute atomic E-state index is 13.4. The Balaban J connectivity index is 1.29. The number of nitrogens with zero attached hydrogens (tertiary/aromatic N) is 3. The smallest absolute Gasteiger partial charge is 0.315 e. The molecule has 7 heteroatoms. The van der Waals surface area contributed by atoms with Gasteiger partial charge in [0.2, 0.25) is 0 Å². The molecule has 1 fully saturated rings. The topological polar surface area (TPSA) is 50.9 Å². The van der Waals surface area contributed by atoms with Crippen LogP contribution in [0.5, 0.6) is 0 Å². The largest absolute Gasteiger partial charge is 0.378 e. The van der Waals surface area contributed by atoms with Crippen molar-refractivity contribution in [3.63, 3.8) is 0 Å². The molecular weight excluding hydrogens is 513 g/mol. The fourth-order valence-corrected chi connectivity index (χ4v) is 5.42. The molecule has 5 rings (SSSR count). The number of nitrogens with one attached hydrogen (secondary N) is 2. The van der Waals surface area contributed by atoms with Crippen LogP contribution in [0.3, 0.4) is 0 Å². The van der Waals surface area contributed by atoms with Crippen LogP contribution in [0.2, 0.25) is 0 Å². The minimum atomic E-state index is -0.255. The van der Waals surface area contributed by atoms with Crippen LogP contribution in [-0.2, 0) is 0 Å². The number of anilines is 2. The molecular formula is C34H38FN5O. The van der Waals surface area contributed by atoms with Gasteiger partial charge in [0.1, 0.15) is 5.82 Å². The molecule has 2 N–H and O–H groups in total. The van der Waals surface area contributed by atoms with E-state index in [1.165, 1.54) is 12.1 Å². The molecule has 4 aromatic carbocycles. The van der Waals surface area contributed by atoms with Gasteiger partial charge in [-0.15, -0.1) is 0 Å². The van der Waals surface area contributed by atoms with E-state index >= 15 is 0 Å². The van der Waals surface area contributed by atoms with Crippen LogP contribution in [0.4, 0.5) is 20.6 Å². The third kappa shape index (κ3) is 7.24. The van der Waals surface area contributed by atoms with E-state index in [4.69, 9.17) is 0 Å². The number of benzene rings is 4. The van der Waals surface area contributed by atoms with Crippen molar-refractivity contribution in [1.82, 2.24) is 15.5 Å². The molecule has 0 aliphatic carbocycles. The molecule has 6 nitrogen and oxygen atoms in total. The van der Waals surface area contributed by atoms with Gasteiger partial charge in [0.25, 0.3) is 0 Å². The predicted octanol–water partition coefficient (Wildman–Crippen LogP) is 5.84. The number of piperazine rings is 1. The quantitative estimate of drug-likeness (QED) is 0.274. The maximum Gasteiger partial charge on any atom is 0.315 e. The van der Waals surface area contributed by atoms with Crippen molar-refractivity contribution in [3.8, 4) is 0 Å². The van der Waals surface area contributed by atoms with Crippen molar-refractivity contribution in [3.05, 3.63) is 132 Å².